The van der Waals surface area contributed by atoms with Crippen molar-refractivity contribution in [3.63, 3.8) is 0 Å². The second-order valence-electron chi connectivity index (χ2n) is 6.59. The third kappa shape index (κ3) is 4.67. The molecule has 8 heteroatoms. The van der Waals surface area contributed by atoms with Gasteiger partial charge in [0.05, 0.1) is 6.20 Å². The van der Waals surface area contributed by atoms with Crippen LogP contribution in [-0.4, -0.2) is 32.6 Å². The summed E-state index contributed by atoms with van der Waals surface area (Å²) in [5.41, 5.74) is 3.85. The van der Waals surface area contributed by atoms with Crippen LogP contribution in [0.25, 0.3) is 10.9 Å². The zero-order chi connectivity index (χ0) is 20.1. The molecule has 4 rings (SSSR count). The molecule has 0 spiro atoms. The van der Waals surface area contributed by atoms with E-state index < -0.39 is 0 Å². The number of aromatic amines is 1. The van der Waals surface area contributed by atoms with Gasteiger partial charge in [-0.1, -0.05) is 24.3 Å². The maximum absolute atomic E-state index is 11.2. The molecule has 8 nitrogen and oxygen atoms in total. The van der Waals surface area contributed by atoms with E-state index in [4.69, 9.17) is 0 Å². The summed E-state index contributed by atoms with van der Waals surface area (Å²) in [6.07, 6.45) is 4.49. The number of anilines is 4. The van der Waals surface area contributed by atoms with Crippen molar-refractivity contribution in [2.24, 2.45) is 0 Å². The smallest absolute Gasteiger partial charge is 0.249 e. The molecule has 0 fully saturated rings. The summed E-state index contributed by atoms with van der Waals surface area (Å²) in [6.45, 7) is 2.19. The van der Waals surface area contributed by atoms with Gasteiger partial charge in [-0.25, -0.2) is 0 Å². The number of aromatic nitrogens is 4. The number of carbonyl (C=O) groups excluding carboxylic acids is 1. The van der Waals surface area contributed by atoms with Gasteiger partial charge in [0.2, 0.25) is 11.9 Å². The van der Waals surface area contributed by atoms with E-state index >= 15 is 0 Å². The van der Waals surface area contributed by atoms with E-state index in [2.05, 4.69) is 48.2 Å². The van der Waals surface area contributed by atoms with Crippen LogP contribution in [0.5, 0.6) is 0 Å². The van der Waals surface area contributed by atoms with Crippen LogP contribution in [-0.2, 0) is 11.2 Å². The summed E-state index contributed by atoms with van der Waals surface area (Å²) in [7, 11) is 0. The molecule has 2 aromatic carbocycles. The van der Waals surface area contributed by atoms with Crippen molar-refractivity contribution in [1.29, 1.82) is 0 Å². The van der Waals surface area contributed by atoms with Crippen molar-refractivity contribution in [1.82, 2.24) is 20.2 Å². The van der Waals surface area contributed by atoms with E-state index in [0.717, 1.165) is 24.2 Å². The Morgan fingerprint density at radius 2 is 1.97 bits per heavy atom. The molecule has 4 N–H and O–H groups in total. The first-order chi connectivity index (χ1) is 14.2. The minimum Gasteiger partial charge on any atom is -0.368 e. The van der Waals surface area contributed by atoms with Crippen LogP contribution in [0, 0.1) is 0 Å². The first-order valence-electron chi connectivity index (χ1n) is 9.30. The molecule has 0 bridgehead atoms. The molecule has 0 atom stereocenters. The minimum absolute atomic E-state index is 0.124. The number of rotatable bonds is 7. The molecule has 2 heterocycles. The second-order valence-corrected chi connectivity index (χ2v) is 6.59. The Labute approximate surface area is 167 Å². The van der Waals surface area contributed by atoms with Gasteiger partial charge in [-0.3, -0.25) is 4.79 Å². The van der Waals surface area contributed by atoms with Crippen LogP contribution in [0.3, 0.4) is 0 Å². The molecule has 4 aromatic rings. The summed E-state index contributed by atoms with van der Waals surface area (Å²) in [6, 6.07) is 15.6. The van der Waals surface area contributed by atoms with E-state index in [9.17, 15) is 4.79 Å². The highest BCUT2D eigenvalue weighted by atomic mass is 16.1. The number of fused-ring (bicyclic) bond motifs is 1. The summed E-state index contributed by atoms with van der Waals surface area (Å²) < 4.78 is 0. The zero-order valence-corrected chi connectivity index (χ0v) is 15.9. The molecule has 0 aliphatic carbocycles. The molecular formula is C21H21N7O. The summed E-state index contributed by atoms with van der Waals surface area (Å²) in [5.74, 6) is 0.892. The van der Waals surface area contributed by atoms with Crippen molar-refractivity contribution in [3.8, 4) is 0 Å². The van der Waals surface area contributed by atoms with E-state index in [1.54, 1.807) is 6.20 Å². The van der Waals surface area contributed by atoms with Crippen molar-refractivity contribution in [3.05, 3.63) is 66.5 Å². The number of carbonyl (C=O) groups is 1. The van der Waals surface area contributed by atoms with Crippen LogP contribution in [0.4, 0.5) is 23.1 Å². The maximum Gasteiger partial charge on any atom is 0.249 e. The zero-order valence-electron chi connectivity index (χ0n) is 15.9. The summed E-state index contributed by atoms with van der Waals surface area (Å²) in [4.78, 5) is 18.9. The molecule has 2 aromatic heterocycles. The van der Waals surface area contributed by atoms with E-state index in [0.29, 0.717) is 17.5 Å². The van der Waals surface area contributed by atoms with Crippen LogP contribution in [0.15, 0.2) is 60.9 Å². The molecule has 1 amide bonds. The van der Waals surface area contributed by atoms with Crippen molar-refractivity contribution >= 4 is 40.0 Å². The fraction of sp³-hybridized carbons (Fsp3) is 0.143. The van der Waals surface area contributed by atoms with Crippen LogP contribution >= 0.6 is 0 Å². The topological polar surface area (TPSA) is 108 Å². The number of hydrogen-bond acceptors (Lipinski definition) is 6. The fourth-order valence-electron chi connectivity index (χ4n) is 3.11. The van der Waals surface area contributed by atoms with E-state index in [1.165, 1.54) is 17.9 Å². The number of hydrogen-bond donors (Lipinski definition) is 4. The van der Waals surface area contributed by atoms with Gasteiger partial charge in [0.1, 0.15) is 0 Å². The van der Waals surface area contributed by atoms with Gasteiger partial charge in [-0.15, -0.1) is 5.10 Å². The predicted molar refractivity (Wildman–Crippen MR) is 114 cm³/mol. The highest BCUT2D eigenvalue weighted by Gasteiger charge is 2.05. The van der Waals surface area contributed by atoms with Crippen molar-refractivity contribution < 1.29 is 4.79 Å². The third-order valence-electron chi connectivity index (χ3n) is 4.37. The summed E-state index contributed by atoms with van der Waals surface area (Å²) >= 11 is 0. The van der Waals surface area contributed by atoms with Crippen LogP contribution in [0.1, 0.15) is 12.5 Å². The Kier molecular flexibility index (Phi) is 5.33. The molecule has 29 heavy (non-hydrogen) atoms. The van der Waals surface area contributed by atoms with Crippen LogP contribution < -0.4 is 16.0 Å². The average Bonchev–Trinajstić information content (AvgIpc) is 3.11. The van der Waals surface area contributed by atoms with Gasteiger partial charge in [0.15, 0.2) is 5.82 Å². The molecule has 146 valence electrons. The van der Waals surface area contributed by atoms with Gasteiger partial charge < -0.3 is 20.9 Å². The van der Waals surface area contributed by atoms with Gasteiger partial charge >= 0.3 is 0 Å². The lowest BCUT2D eigenvalue weighted by atomic mass is 10.1. The molecule has 0 unspecified atom stereocenters. The Balaban J connectivity index is 1.38. The van der Waals surface area contributed by atoms with Gasteiger partial charge in [-0.2, -0.15) is 10.1 Å². The number of para-hydroxylation sites is 1. The standard InChI is InChI=1S/C21H21N7O/c1-14(29)25-16-5-4-6-17(11-16)26-21-27-20(13-24-28-21)22-10-9-15-12-23-19-8-3-2-7-18(15)19/h2-8,11-13,23H,9-10H2,1H3,(H,25,29)(H2,22,26,27,28). The number of benzene rings is 2. The SMILES string of the molecule is CC(=O)Nc1cccc(Nc2nncc(NCCc3c[nH]c4ccccc34)n2)c1. The maximum atomic E-state index is 11.2. The quantitative estimate of drug-likeness (QED) is 0.385. The monoisotopic (exact) mass is 387 g/mol. The second kappa shape index (κ2) is 8.39. The lowest BCUT2D eigenvalue weighted by Gasteiger charge is -2.09. The summed E-state index contributed by atoms with van der Waals surface area (Å²) in [5, 5.41) is 18.4. The van der Waals surface area contributed by atoms with Gasteiger partial charge in [0, 0.05) is 41.9 Å². The fourth-order valence-corrected chi connectivity index (χ4v) is 3.11. The normalized spacial score (nSPS) is 10.7. The van der Waals surface area contributed by atoms with Crippen molar-refractivity contribution in [2.75, 3.05) is 22.5 Å². The predicted octanol–water partition coefficient (Wildman–Crippen LogP) is 3.71. The Morgan fingerprint density at radius 1 is 1.10 bits per heavy atom. The number of H-pyrrole nitrogens is 1. The van der Waals surface area contributed by atoms with Crippen molar-refractivity contribution in [2.45, 2.75) is 13.3 Å². The largest absolute Gasteiger partial charge is 0.368 e. The highest BCUT2D eigenvalue weighted by Crippen LogP contribution is 2.19. The van der Waals surface area contributed by atoms with Crippen LogP contribution in [0.2, 0.25) is 0 Å². The third-order valence-corrected chi connectivity index (χ3v) is 4.37. The number of amides is 1. The van der Waals surface area contributed by atoms with E-state index in [-0.39, 0.29) is 5.91 Å². The lowest BCUT2D eigenvalue weighted by Crippen LogP contribution is -2.09. The Morgan fingerprint density at radius 3 is 2.86 bits per heavy atom. The lowest BCUT2D eigenvalue weighted by molar-refractivity contribution is -0.114. The number of nitrogens with zero attached hydrogens (tertiary/aromatic N) is 3. The van der Waals surface area contributed by atoms with E-state index in [1.807, 2.05) is 42.6 Å². The number of nitrogens with one attached hydrogen (secondary N) is 4. The molecule has 0 saturated carbocycles. The molecule has 0 aliphatic rings. The first-order valence-corrected chi connectivity index (χ1v) is 9.30. The van der Waals surface area contributed by atoms with Gasteiger partial charge in [0.25, 0.3) is 0 Å². The molecule has 0 aliphatic heterocycles. The molecule has 0 saturated heterocycles. The first kappa shape index (κ1) is 18.4. The minimum atomic E-state index is -0.124. The molecule has 0 radical (unpaired) electrons. The average molecular weight is 387 g/mol. The molecular weight excluding hydrogens is 366 g/mol. The van der Waals surface area contributed by atoms with Gasteiger partial charge in [-0.05, 0) is 36.2 Å². The Hall–Kier alpha value is -3.94. The Bertz CT molecular complexity index is 1140. The highest BCUT2D eigenvalue weighted by molar-refractivity contribution is 5.89.